The van der Waals surface area contributed by atoms with Gasteiger partial charge in [0, 0.05) is 43.7 Å². The van der Waals surface area contributed by atoms with Crippen molar-refractivity contribution in [3.8, 4) is 0 Å². The van der Waals surface area contributed by atoms with Crippen molar-refractivity contribution in [2.45, 2.75) is 31.7 Å². The van der Waals surface area contributed by atoms with Crippen LogP contribution in [0, 0.1) is 10.1 Å². The molecular formula is C21H24N5NaO6. The zero-order valence-electron chi connectivity index (χ0n) is 18.3. The molecule has 33 heavy (non-hydrogen) atoms. The first-order chi connectivity index (χ1) is 15.3. The van der Waals surface area contributed by atoms with E-state index in [4.69, 9.17) is 0 Å². The van der Waals surface area contributed by atoms with Crippen LogP contribution in [0.1, 0.15) is 37.3 Å². The summed E-state index contributed by atoms with van der Waals surface area (Å²) in [6.07, 6.45) is 2.68. The largest absolute Gasteiger partial charge is 1.00 e. The fourth-order valence-electron chi connectivity index (χ4n) is 2.88. The van der Waals surface area contributed by atoms with Gasteiger partial charge in [-0.1, -0.05) is 18.2 Å². The predicted molar refractivity (Wildman–Crippen MR) is 113 cm³/mol. The van der Waals surface area contributed by atoms with Crippen molar-refractivity contribution in [3.05, 3.63) is 64.3 Å². The van der Waals surface area contributed by atoms with E-state index in [0.29, 0.717) is 13.0 Å². The second kappa shape index (κ2) is 14.9. The van der Waals surface area contributed by atoms with Gasteiger partial charge in [0.15, 0.2) is 0 Å². The molecule has 0 aliphatic carbocycles. The minimum atomic E-state index is -1.43. The Morgan fingerprint density at radius 3 is 2.52 bits per heavy atom. The molecule has 170 valence electrons. The number of pyridine rings is 1. The molecule has 0 saturated carbocycles. The van der Waals surface area contributed by atoms with Gasteiger partial charge < -0.3 is 25.9 Å². The Bertz CT molecular complexity index is 944. The summed E-state index contributed by atoms with van der Waals surface area (Å²) in [7, 11) is 0. The number of nitro benzene ring substituents is 1. The molecule has 1 unspecified atom stereocenters. The Morgan fingerprint density at radius 2 is 1.85 bits per heavy atom. The monoisotopic (exact) mass is 465 g/mol. The van der Waals surface area contributed by atoms with Crippen molar-refractivity contribution < 1.29 is 54.0 Å². The van der Waals surface area contributed by atoms with Crippen molar-refractivity contribution >= 4 is 29.3 Å². The third-order valence-electron chi connectivity index (χ3n) is 4.44. The Hall–Kier alpha value is -3.02. The number of benzene rings is 1. The number of hydrogen-bond acceptors (Lipinski definition) is 8. The van der Waals surface area contributed by atoms with Crippen LogP contribution >= 0.6 is 0 Å². The zero-order chi connectivity index (χ0) is 23.3. The standard InChI is InChI=1S/C21H25N5O6.Na/c27-19(9-2-4-11-23-18-8-1-3-10-22-18)24-14-20(28)25-17(13-21(29)30)15-6-5-7-16(12-15)26(31)32;/h1,3,5-8,10,12,17H,2,4,9,11,13-14H2,(H,22,23)(H,24,27)(H,25,28)(H,29,30);/q;+1/p-1. The molecule has 1 atom stereocenters. The molecule has 2 aromatic rings. The van der Waals surface area contributed by atoms with E-state index in [2.05, 4.69) is 20.9 Å². The van der Waals surface area contributed by atoms with Gasteiger partial charge in [-0.15, -0.1) is 0 Å². The second-order valence-corrected chi connectivity index (χ2v) is 6.92. The van der Waals surface area contributed by atoms with Crippen molar-refractivity contribution in [2.75, 3.05) is 18.4 Å². The summed E-state index contributed by atoms with van der Waals surface area (Å²) in [5.74, 6) is -1.61. The van der Waals surface area contributed by atoms with Crippen LogP contribution in [0.25, 0.3) is 0 Å². The molecular weight excluding hydrogens is 441 g/mol. The molecule has 0 radical (unpaired) electrons. The minimum absolute atomic E-state index is 0. The van der Waals surface area contributed by atoms with Crippen molar-refractivity contribution in [2.24, 2.45) is 0 Å². The van der Waals surface area contributed by atoms with E-state index in [-0.39, 0.29) is 59.7 Å². The molecule has 12 heteroatoms. The molecule has 0 saturated heterocycles. The maximum atomic E-state index is 12.2. The number of nitrogens with one attached hydrogen (secondary N) is 3. The quantitative estimate of drug-likeness (QED) is 0.128. The average molecular weight is 465 g/mol. The molecule has 1 aromatic carbocycles. The topological polar surface area (TPSA) is 166 Å². The van der Waals surface area contributed by atoms with Crippen LogP contribution in [0.2, 0.25) is 0 Å². The number of nitro groups is 1. The van der Waals surface area contributed by atoms with Crippen LogP contribution in [0.3, 0.4) is 0 Å². The van der Waals surface area contributed by atoms with Gasteiger partial charge in [0.2, 0.25) is 11.8 Å². The van der Waals surface area contributed by atoms with E-state index in [1.54, 1.807) is 6.20 Å². The maximum absolute atomic E-state index is 12.2. The predicted octanol–water partition coefficient (Wildman–Crippen LogP) is -2.31. The van der Waals surface area contributed by atoms with Gasteiger partial charge >= 0.3 is 29.6 Å². The van der Waals surface area contributed by atoms with Gasteiger partial charge in [0.25, 0.3) is 5.69 Å². The van der Waals surface area contributed by atoms with Gasteiger partial charge in [0.05, 0.1) is 17.5 Å². The summed E-state index contributed by atoms with van der Waals surface area (Å²) >= 11 is 0. The number of unbranched alkanes of at least 4 members (excludes halogenated alkanes) is 1. The van der Waals surface area contributed by atoms with Crippen LogP contribution < -0.4 is 50.6 Å². The number of amides is 2. The first-order valence-corrected chi connectivity index (χ1v) is 10.0. The van der Waals surface area contributed by atoms with Gasteiger partial charge in [0.1, 0.15) is 5.82 Å². The van der Waals surface area contributed by atoms with Crippen LogP contribution in [-0.4, -0.2) is 40.8 Å². The van der Waals surface area contributed by atoms with Crippen molar-refractivity contribution in [1.29, 1.82) is 0 Å². The smallest absolute Gasteiger partial charge is 0.550 e. The fourth-order valence-corrected chi connectivity index (χ4v) is 2.88. The van der Waals surface area contributed by atoms with E-state index in [1.165, 1.54) is 24.3 Å². The number of aromatic nitrogens is 1. The normalized spacial score (nSPS) is 10.9. The number of anilines is 1. The number of nitrogens with zero attached hydrogens (tertiary/aromatic N) is 2. The van der Waals surface area contributed by atoms with Gasteiger partial charge in [-0.3, -0.25) is 19.7 Å². The van der Waals surface area contributed by atoms with E-state index < -0.39 is 29.3 Å². The van der Waals surface area contributed by atoms with E-state index >= 15 is 0 Å². The average Bonchev–Trinajstić information content (AvgIpc) is 2.77. The molecule has 2 amide bonds. The van der Waals surface area contributed by atoms with Crippen LogP contribution in [0.4, 0.5) is 11.5 Å². The van der Waals surface area contributed by atoms with Crippen LogP contribution in [0.15, 0.2) is 48.7 Å². The van der Waals surface area contributed by atoms with Gasteiger partial charge in [-0.25, -0.2) is 4.98 Å². The van der Waals surface area contributed by atoms with Gasteiger partial charge in [-0.2, -0.15) is 0 Å². The number of rotatable bonds is 13. The number of carboxylic acid groups (broad SMARTS) is 1. The molecule has 0 aliphatic heterocycles. The number of carbonyl (C=O) groups is 3. The summed E-state index contributed by atoms with van der Waals surface area (Å²) in [4.78, 5) is 49.6. The zero-order valence-corrected chi connectivity index (χ0v) is 20.3. The van der Waals surface area contributed by atoms with Gasteiger partial charge in [-0.05, 0) is 30.5 Å². The third kappa shape index (κ3) is 10.9. The fraction of sp³-hybridized carbons (Fsp3) is 0.333. The number of aliphatic carboxylic acids is 1. The third-order valence-corrected chi connectivity index (χ3v) is 4.44. The Labute approximate surface area is 212 Å². The Morgan fingerprint density at radius 1 is 1.06 bits per heavy atom. The van der Waals surface area contributed by atoms with Crippen molar-refractivity contribution in [1.82, 2.24) is 15.6 Å². The molecule has 0 aliphatic rings. The molecule has 1 heterocycles. The molecule has 0 bridgehead atoms. The Balaban J connectivity index is 0.00000544. The summed E-state index contributed by atoms with van der Waals surface area (Å²) in [5, 5.41) is 30.0. The molecule has 11 nitrogen and oxygen atoms in total. The number of hydrogen-bond donors (Lipinski definition) is 3. The Kier molecular flexibility index (Phi) is 12.7. The maximum Gasteiger partial charge on any atom is 1.00 e. The van der Waals surface area contributed by atoms with E-state index in [0.717, 1.165) is 12.2 Å². The first kappa shape index (κ1) is 28.0. The number of carboxylic acids is 1. The summed E-state index contributed by atoms with van der Waals surface area (Å²) in [6, 6.07) is 9.80. The van der Waals surface area contributed by atoms with E-state index in [9.17, 15) is 29.6 Å². The molecule has 0 spiro atoms. The number of carbonyl (C=O) groups excluding carboxylic acids is 3. The molecule has 2 rings (SSSR count). The second-order valence-electron chi connectivity index (χ2n) is 6.92. The summed E-state index contributed by atoms with van der Waals surface area (Å²) < 4.78 is 0. The summed E-state index contributed by atoms with van der Waals surface area (Å²) in [6.45, 7) is 0.308. The molecule has 3 N–H and O–H groups in total. The summed E-state index contributed by atoms with van der Waals surface area (Å²) in [5.41, 5.74) is 0.0226. The van der Waals surface area contributed by atoms with Crippen LogP contribution in [-0.2, 0) is 14.4 Å². The molecule has 0 fully saturated rings. The SMILES string of the molecule is O=C([O-])CC(NC(=O)CNC(=O)CCCCNc1ccccn1)c1cccc([N+](=O)[O-])c1.[Na+]. The van der Waals surface area contributed by atoms with Crippen molar-refractivity contribution in [3.63, 3.8) is 0 Å². The molecule has 1 aromatic heterocycles. The number of non-ortho nitro benzene ring substituents is 1. The minimum Gasteiger partial charge on any atom is -0.550 e. The van der Waals surface area contributed by atoms with E-state index in [1.807, 2.05) is 18.2 Å². The van der Waals surface area contributed by atoms with Crippen LogP contribution in [0.5, 0.6) is 0 Å². The first-order valence-electron chi connectivity index (χ1n) is 10.0.